The summed E-state index contributed by atoms with van der Waals surface area (Å²) < 4.78 is 5.72. The zero-order valence-corrected chi connectivity index (χ0v) is 16.9. The van der Waals surface area contributed by atoms with Gasteiger partial charge in [0.1, 0.15) is 17.3 Å². The number of amidine groups is 1. The van der Waals surface area contributed by atoms with E-state index in [1.807, 2.05) is 43.3 Å². The predicted octanol–water partition coefficient (Wildman–Crippen LogP) is 3.51. The van der Waals surface area contributed by atoms with Crippen molar-refractivity contribution in [1.82, 2.24) is 5.32 Å². The van der Waals surface area contributed by atoms with Crippen molar-refractivity contribution in [3.05, 3.63) is 59.7 Å². The summed E-state index contributed by atoms with van der Waals surface area (Å²) in [5.41, 5.74) is 14.8. The number of nitrogens with two attached hydrogens (primary N) is 2. The van der Waals surface area contributed by atoms with Crippen LogP contribution in [0.2, 0.25) is 0 Å². The van der Waals surface area contributed by atoms with E-state index >= 15 is 0 Å². The van der Waals surface area contributed by atoms with Crippen LogP contribution in [-0.2, 0) is 6.54 Å². The molecule has 1 aliphatic rings. The molecule has 0 radical (unpaired) electrons. The van der Waals surface area contributed by atoms with Gasteiger partial charge in [-0.3, -0.25) is 0 Å². The molecule has 2 unspecified atom stereocenters. The molecule has 0 aliphatic carbocycles. The fourth-order valence-corrected chi connectivity index (χ4v) is 2.60. The molecule has 144 valence electrons. The van der Waals surface area contributed by atoms with Crippen molar-refractivity contribution in [3.8, 4) is 5.75 Å². The van der Waals surface area contributed by atoms with Crippen LogP contribution >= 0.6 is 37.2 Å². The summed E-state index contributed by atoms with van der Waals surface area (Å²) in [6.07, 6.45) is -0.175. The highest BCUT2D eigenvalue weighted by Gasteiger charge is 2.18. The summed E-state index contributed by atoms with van der Waals surface area (Å²) in [6, 6.07) is 16.3. The van der Waals surface area contributed by atoms with Crippen molar-refractivity contribution in [3.63, 3.8) is 0 Å². The topological polar surface area (TPSA) is 85.7 Å². The number of aliphatic imine (C=N–C) groups is 1. The van der Waals surface area contributed by atoms with Gasteiger partial charge in [-0.05, 0) is 30.2 Å². The first-order valence-electron chi connectivity index (χ1n) is 7.79. The van der Waals surface area contributed by atoms with Crippen LogP contribution in [-0.4, -0.2) is 18.5 Å². The minimum absolute atomic E-state index is 0. The monoisotopic (exact) mass is 418 g/mol. The highest BCUT2D eigenvalue weighted by molar-refractivity contribution is 5.89. The number of nitrogens with one attached hydrogen (secondary N) is 1. The Hall–Kier alpha value is -1.50. The predicted molar refractivity (Wildman–Crippen MR) is 115 cm³/mol. The smallest absolute Gasteiger partial charge is 0.153 e. The van der Waals surface area contributed by atoms with Gasteiger partial charge in [0.2, 0.25) is 0 Å². The first-order chi connectivity index (χ1) is 11.2. The molecule has 1 heterocycles. The Morgan fingerprint density at radius 1 is 1.12 bits per heavy atom. The molecular formula is C18H25Cl3N4O. The van der Waals surface area contributed by atoms with Gasteiger partial charge in [-0.25, -0.2) is 4.99 Å². The van der Waals surface area contributed by atoms with Crippen LogP contribution in [0.4, 0.5) is 5.69 Å². The van der Waals surface area contributed by atoms with E-state index in [1.54, 1.807) is 0 Å². The first kappa shape index (κ1) is 24.5. The minimum Gasteiger partial charge on any atom is -0.481 e. The lowest BCUT2D eigenvalue weighted by Crippen LogP contribution is -2.33. The van der Waals surface area contributed by atoms with Gasteiger partial charge < -0.3 is 21.5 Å². The van der Waals surface area contributed by atoms with E-state index in [1.165, 1.54) is 5.56 Å². The van der Waals surface area contributed by atoms with Crippen molar-refractivity contribution < 1.29 is 4.74 Å². The van der Waals surface area contributed by atoms with Crippen LogP contribution in [0.15, 0.2) is 53.5 Å². The Balaban J connectivity index is 0.00000208. The Morgan fingerprint density at radius 3 is 2.46 bits per heavy atom. The summed E-state index contributed by atoms with van der Waals surface area (Å²) in [5, 5.41) is 3.48. The van der Waals surface area contributed by atoms with Crippen LogP contribution in [0.5, 0.6) is 5.75 Å². The fraction of sp³-hybridized carbons (Fsp3) is 0.278. The largest absolute Gasteiger partial charge is 0.481 e. The molecule has 0 saturated carbocycles. The molecule has 0 amide bonds. The SMILES string of the molecule is CC1Oc2ccc(CNC(CN)c3ccccc3)cc2N=C1N.Cl.Cl.Cl. The minimum atomic E-state index is -0.175. The summed E-state index contributed by atoms with van der Waals surface area (Å²) in [5.74, 6) is 1.28. The van der Waals surface area contributed by atoms with Crippen LogP contribution in [0, 0.1) is 0 Å². The first-order valence-corrected chi connectivity index (χ1v) is 7.79. The third kappa shape index (κ3) is 5.76. The van der Waals surface area contributed by atoms with Gasteiger partial charge in [-0.2, -0.15) is 0 Å². The summed E-state index contributed by atoms with van der Waals surface area (Å²) in [6.45, 7) is 3.14. The maximum absolute atomic E-state index is 5.89. The Labute approximate surface area is 172 Å². The van der Waals surface area contributed by atoms with Gasteiger partial charge in [0, 0.05) is 19.1 Å². The van der Waals surface area contributed by atoms with Gasteiger partial charge in [0.05, 0.1) is 0 Å². The van der Waals surface area contributed by atoms with Gasteiger partial charge in [-0.15, -0.1) is 37.2 Å². The van der Waals surface area contributed by atoms with Crippen LogP contribution in [0.3, 0.4) is 0 Å². The second-order valence-corrected chi connectivity index (χ2v) is 5.68. The van der Waals surface area contributed by atoms with E-state index in [2.05, 4.69) is 22.4 Å². The zero-order chi connectivity index (χ0) is 16.2. The number of fused-ring (bicyclic) bond motifs is 1. The van der Waals surface area contributed by atoms with E-state index in [0.29, 0.717) is 18.9 Å². The third-order valence-electron chi connectivity index (χ3n) is 3.98. The van der Waals surface area contributed by atoms with Gasteiger partial charge in [0.25, 0.3) is 0 Å². The van der Waals surface area contributed by atoms with E-state index in [9.17, 15) is 0 Å². The van der Waals surface area contributed by atoms with Gasteiger partial charge >= 0.3 is 0 Å². The summed E-state index contributed by atoms with van der Waals surface area (Å²) >= 11 is 0. The molecule has 2 atom stereocenters. The average Bonchev–Trinajstić information content (AvgIpc) is 2.57. The van der Waals surface area contributed by atoms with Crippen LogP contribution < -0.4 is 21.5 Å². The van der Waals surface area contributed by atoms with E-state index in [0.717, 1.165) is 17.0 Å². The second-order valence-electron chi connectivity index (χ2n) is 5.68. The average molecular weight is 420 g/mol. The molecule has 8 heteroatoms. The Morgan fingerprint density at radius 2 is 1.81 bits per heavy atom. The lowest BCUT2D eigenvalue weighted by molar-refractivity contribution is 0.281. The Kier molecular flexibility index (Phi) is 10.6. The Bertz CT molecular complexity index is 713. The van der Waals surface area contributed by atoms with E-state index in [-0.39, 0.29) is 49.4 Å². The van der Waals surface area contributed by atoms with Crippen molar-refractivity contribution >= 4 is 48.7 Å². The number of benzene rings is 2. The molecule has 1 aliphatic heterocycles. The van der Waals surface area contributed by atoms with Crippen molar-refractivity contribution in [2.24, 2.45) is 16.5 Å². The molecule has 26 heavy (non-hydrogen) atoms. The molecule has 2 aromatic carbocycles. The van der Waals surface area contributed by atoms with Gasteiger partial charge in [-0.1, -0.05) is 36.4 Å². The molecule has 2 aromatic rings. The van der Waals surface area contributed by atoms with E-state index in [4.69, 9.17) is 16.2 Å². The van der Waals surface area contributed by atoms with Crippen molar-refractivity contribution in [2.45, 2.75) is 25.6 Å². The van der Waals surface area contributed by atoms with Crippen molar-refractivity contribution in [1.29, 1.82) is 0 Å². The fourth-order valence-electron chi connectivity index (χ4n) is 2.60. The zero-order valence-electron chi connectivity index (χ0n) is 14.4. The lowest BCUT2D eigenvalue weighted by Gasteiger charge is -2.22. The second kappa shape index (κ2) is 11.3. The molecule has 5 N–H and O–H groups in total. The maximum atomic E-state index is 5.89. The molecule has 0 aromatic heterocycles. The summed E-state index contributed by atoms with van der Waals surface area (Å²) in [4.78, 5) is 4.41. The molecule has 3 rings (SSSR count). The number of nitrogens with zero attached hydrogens (tertiary/aromatic N) is 1. The third-order valence-corrected chi connectivity index (χ3v) is 3.98. The summed E-state index contributed by atoms with van der Waals surface area (Å²) in [7, 11) is 0. The molecule has 0 fully saturated rings. The quantitative estimate of drug-likeness (QED) is 0.692. The molecular weight excluding hydrogens is 395 g/mol. The van der Waals surface area contributed by atoms with Crippen LogP contribution in [0.1, 0.15) is 24.1 Å². The van der Waals surface area contributed by atoms with Crippen LogP contribution in [0.25, 0.3) is 0 Å². The molecule has 0 saturated heterocycles. The van der Waals surface area contributed by atoms with Gasteiger partial charge in [0.15, 0.2) is 6.10 Å². The maximum Gasteiger partial charge on any atom is 0.153 e. The molecule has 0 spiro atoms. The highest BCUT2D eigenvalue weighted by atomic mass is 35.5. The molecule has 5 nitrogen and oxygen atoms in total. The number of halogens is 3. The lowest BCUT2D eigenvalue weighted by atomic mass is 10.1. The highest BCUT2D eigenvalue weighted by Crippen LogP contribution is 2.32. The normalized spacial score (nSPS) is 15.8. The number of hydrogen-bond donors (Lipinski definition) is 3. The standard InChI is InChI=1S/C18H22N4O.3ClH/c1-12-18(20)22-15-9-13(7-8-17(15)23-12)11-21-16(10-19)14-5-3-2-4-6-14;;;/h2-9,12,16,21H,10-11,19H2,1H3,(H2,20,22);3*1H. The number of hydrogen-bond acceptors (Lipinski definition) is 5. The number of rotatable bonds is 5. The molecule has 0 bridgehead atoms. The number of ether oxygens (including phenoxy) is 1. The van der Waals surface area contributed by atoms with Crippen molar-refractivity contribution in [2.75, 3.05) is 6.54 Å². The van der Waals surface area contributed by atoms with E-state index < -0.39 is 0 Å².